The normalized spacial score (nSPS) is 16.4. The van der Waals surface area contributed by atoms with Crippen LogP contribution in [-0.4, -0.2) is 57.9 Å². The largest absolute Gasteiger partial charge is 0.379 e. The Kier molecular flexibility index (Phi) is 12.7. The average molecular weight is 569 g/mol. The van der Waals surface area contributed by atoms with E-state index in [1.165, 1.54) is 0 Å². The number of amides is 1. The topological polar surface area (TPSA) is 84.0 Å². The number of guanidine groups is 1. The summed E-state index contributed by atoms with van der Waals surface area (Å²) in [6.07, 6.45) is 2.48. The van der Waals surface area contributed by atoms with E-state index in [-0.39, 0.29) is 36.0 Å². The minimum absolute atomic E-state index is 0. The predicted octanol–water partition coefficient (Wildman–Crippen LogP) is 3.06. The van der Waals surface area contributed by atoms with E-state index in [1.54, 1.807) is 7.05 Å². The molecule has 3 N–H and O–H groups in total. The molecule has 0 bridgehead atoms. The lowest BCUT2D eigenvalue weighted by atomic mass is 10.2. The van der Waals surface area contributed by atoms with Crippen LogP contribution in [0.3, 0.4) is 0 Å². The SMILES string of the molecule is CN=C(NCCCOC1CCOC1)NCCC(=O)Nc1cc(Br)ccc1C.I. The van der Waals surface area contributed by atoms with Crippen molar-refractivity contribution in [2.24, 2.45) is 4.99 Å². The maximum absolute atomic E-state index is 12.1. The van der Waals surface area contributed by atoms with Crippen molar-refractivity contribution in [2.75, 3.05) is 45.3 Å². The Morgan fingerprint density at radius 2 is 2.14 bits per heavy atom. The molecule has 7 nitrogen and oxygen atoms in total. The van der Waals surface area contributed by atoms with Crippen LogP contribution in [0.5, 0.6) is 0 Å². The molecule has 1 amide bonds. The molecule has 1 saturated heterocycles. The third-order valence-corrected chi connectivity index (χ3v) is 4.69. The number of aryl methyl sites for hydroxylation is 1. The molecule has 158 valence electrons. The van der Waals surface area contributed by atoms with Crippen molar-refractivity contribution in [3.63, 3.8) is 0 Å². The molecule has 1 unspecified atom stereocenters. The van der Waals surface area contributed by atoms with Gasteiger partial charge in [0.05, 0.1) is 12.7 Å². The van der Waals surface area contributed by atoms with E-state index < -0.39 is 0 Å². The van der Waals surface area contributed by atoms with E-state index in [0.29, 0.717) is 32.1 Å². The van der Waals surface area contributed by atoms with Crippen molar-refractivity contribution in [3.05, 3.63) is 28.2 Å². The molecule has 1 fully saturated rings. The van der Waals surface area contributed by atoms with Crippen LogP contribution in [0.4, 0.5) is 5.69 Å². The third-order valence-electron chi connectivity index (χ3n) is 4.20. The molecule has 2 rings (SSSR count). The smallest absolute Gasteiger partial charge is 0.226 e. The standard InChI is InChI=1S/C19H29BrN4O3.HI/c1-14-4-5-15(20)12-17(14)24-18(25)6-9-23-19(21-2)22-8-3-10-27-16-7-11-26-13-16;/h4-5,12,16H,3,6-11,13H2,1-2H3,(H,24,25)(H2,21,22,23);1H. The van der Waals surface area contributed by atoms with Gasteiger partial charge in [0.1, 0.15) is 0 Å². The minimum Gasteiger partial charge on any atom is -0.379 e. The van der Waals surface area contributed by atoms with E-state index in [2.05, 4.69) is 36.9 Å². The van der Waals surface area contributed by atoms with Gasteiger partial charge in [0.15, 0.2) is 5.96 Å². The molecular weight excluding hydrogens is 539 g/mol. The highest BCUT2D eigenvalue weighted by molar-refractivity contribution is 14.0. The van der Waals surface area contributed by atoms with Gasteiger partial charge in [0, 0.05) is 49.9 Å². The first kappa shape index (κ1) is 25.1. The molecular formula is C19H30BrIN4O3. The lowest BCUT2D eigenvalue weighted by molar-refractivity contribution is -0.116. The molecule has 1 atom stereocenters. The van der Waals surface area contributed by atoms with E-state index in [9.17, 15) is 4.79 Å². The number of nitrogens with one attached hydrogen (secondary N) is 3. The zero-order valence-electron chi connectivity index (χ0n) is 16.4. The molecule has 1 aliphatic rings. The second-order valence-corrected chi connectivity index (χ2v) is 7.31. The lowest BCUT2D eigenvalue weighted by Gasteiger charge is -2.13. The highest BCUT2D eigenvalue weighted by Crippen LogP contribution is 2.20. The zero-order valence-corrected chi connectivity index (χ0v) is 20.3. The van der Waals surface area contributed by atoms with Gasteiger partial charge < -0.3 is 25.4 Å². The van der Waals surface area contributed by atoms with E-state index in [1.807, 2.05) is 25.1 Å². The molecule has 1 aromatic rings. The first-order valence-electron chi connectivity index (χ1n) is 9.28. The van der Waals surface area contributed by atoms with E-state index >= 15 is 0 Å². The Hall–Kier alpha value is -0.910. The van der Waals surface area contributed by atoms with Crippen molar-refractivity contribution < 1.29 is 14.3 Å². The van der Waals surface area contributed by atoms with Gasteiger partial charge in [-0.2, -0.15) is 0 Å². The highest BCUT2D eigenvalue weighted by Gasteiger charge is 2.15. The Bertz CT molecular complexity index is 640. The fraction of sp³-hybridized carbons (Fsp3) is 0.579. The molecule has 0 aromatic heterocycles. The van der Waals surface area contributed by atoms with Gasteiger partial charge in [-0.25, -0.2) is 0 Å². The van der Waals surface area contributed by atoms with Gasteiger partial charge >= 0.3 is 0 Å². The first-order chi connectivity index (χ1) is 13.1. The van der Waals surface area contributed by atoms with Crippen LogP contribution in [-0.2, 0) is 14.3 Å². The van der Waals surface area contributed by atoms with Crippen LogP contribution in [0.1, 0.15) is 24.8 Å². The molecule has 0 aliphatic carbocycles. The molecule has 9 heteroatoms. The quantitative estimate of drug-likeness (QED) is 0.185. The van der Waals surface area contributed by atoms with Crippen molar-refractivity contribution in [2.45, 2.75) is 32.3 Å². The third kappa shape index (κ3) is 9.53. The molecule has 28 heavy (non-hydrogen) atoms. The molecule has 1 aromatic carbocycles. The number of hydrogen-bond donors (Lipinski definition) is 3. The van der Waals surface area contributed by atoms with E-state index in [0.717, 1.165) is 41.7 Å². The number of ether oxygens (including phenoxy) is 2. The Morgan fingerprint density at radius 1 is 1.36 bits per heavy atom. The van der Waals surface area contributed by atoms with Gasteiger partial charge in [-0.05, 0) is 37.5 Å². The average Bonchev–Trinajstić information content (AvgIpc) is 3.16. The molecule has 0 radical (unpaired) electrons. The number of aliphatic imine (C=N–C) groups is 1. The summed E-state index contributed by atoms with van der Waals surface area (Å²) in [6, 6.07) is 5.82. The summed E-state index contributed by atoms with van der Waals surface area (Å²) in [5, 5.41) is 9.31. The van der Waals surface area contributed by atoms with Gasteiger partial charge in [-0.1, -0.05) is 22.0 Å². The number of halogens is 2. The van der Waals surface area contributed by atoms with Crippen molar-refractivity contribution in [3.8, 4) is 0 Å². The van der Waals surface area contributed by atoms with Crippen molar-refractivity contribution in [1.82, 2.24) is 10.6 Å². The van der Waals surface area contributed by atoms with Gasteiger partial charge in [0.25, 0.3) is 0 Å². The fourth-order valence-electron chi connectivity index (χ4n) is 2.63. The van der Waals surface area contributed by atoms with Crippen LogP contribution < -0.4 is 16.0 Å². The summed E-state index contributed by atoms with van der Waals surface area (Å²) in [5.74, 6) is 0.650. The first-order valence-corrected chi connectivity index (χ1v) is 10.1. The van der Waals surface area contributed by atoms with Crippen LogP contribution >= 0.6 is 39.9 Å². The molecule has 1 aliphatic heterocycles. The summed E-state index contributed by atoms with van der Waals surface area (Å²) >= 11 is 3.42. The van der Waals surface area contributed by atoms with Crippen molar-refractivity contribution >= 4 is 57.5 Å². The number of benzene rings is 1. The summed E-state index contributed by atoms with van der Waals surface area (Å²) in [5.41, 5.74) is 1.85. The number of nitrogens with zero attached hydrogens (tertiary/aromatic N) is 1. The highest BCUT2D eigenvalue weighted by atomic mass is 127. The minimum atomic E-state index is -0.0358. The van der Waals surface area contributed by atoms with Crippen LogP contribution in [0.25, 0.3) is 0 Å². The Balaban J connectivity index is 0.00000392. The van der Waals surface area contributed by atoms with Crippen molar-refractivity contribution in [1.29, 1.82) is 0 Å². The summed E-state index contributed by atoms with van der Waals surface area (Å²) in [4.78, 5) is 16.3. The van der Waals surface area contributed by atoms with Gasteiger partial charge in [0.2, 0.25) is 5.91 Å². The number of anilines is 1. The summed E-state index contributed by atoms with van der Waals surface area (Å²) in [6.45, 7) is 5.44. The Labute approximate surface area is 192 Å². The zero-order chi connectivity index (χ0) is 19.5. The van der Waals surface area contributed by atoms with Crippen LogP contribution in [0.2, 0.25) is 0 Å². The Morgan fingerprint density at radius 3 is 2.86 bits per heavy atom. The molecule has 0 spiro atoms. The maximum atomic E-state index is 12.1. The monoisotopic (exact) mass is 568 g/mol. The molecule has 1 heterocycles. The fourth-order valence-corrected chi connectivity index (χ4v) is 2.99. The summed E-state index contributed by atoms with van der Waals surface area (Å²) in [7, 11) is 1.71. The van der Waals surface area contributed by atoms with Gasteiger partial charge in [-0.3, -0.25) is 9.79 Å². The second kappa shape index (κ2) is 14.1. The summed E-state index contributed by atoms with van der Waals surface area (Å²) < 4.78 is 11.9. The number of rotatable bonds is 9. The number of carbonyl (C=O) groups excluding carboxylic acids is 1. The molecule has 0 saturated carbocycles. The maximum Gasteiger partial charge on any atom is 0.226 e. The lowest BCUT2D eigenvalue weighted by Crippen LogP contribution is -2.39. The number of hydrogen-bond acceptors (Lipinski definition) is 4. The number of carbonyl (C=O) groups is 1. The van der Waals surface area contributed by atoms with E-state index in [4.69, 9.17) is 9.47 Å². The van der Waals surface area contributed by atoms with Crippen LogP contribution in [0.15, 0.2) is 27.7 Å². The second-order valence-electron chi connectivity index (χ2n) is 6.39. The van der Waals surface area contributed by atoms with Crippen LogP contribution in [0, 0.1) is 6.92 Å². The predicted molar refractivity (Wildman–Crippen MR) is 127 cm³/mol. The van der Waals surface area contributed by atoms with Gasteiger partial charge in [-0.15, -0.1) is 24.0 Å².